The van der Waals surface area contributed by atoms with Crippen molar-refractivity contribution in [2.45, 2.75) is 13.3 Å². The number of sulfone groups is 1. The van der Waals surface area contributed by atoms with Gasteiger partial charge >= 0.3 is 0 Å². The van der Waals surface area contributed by atoms with E-state index in [2.05, 4.69) is 5.32 Å². The molecule has 0 spiro atoms. The summed E-state index contributed by atoms with van der Waals surface area (Å²) in [5.41, 5.74) is 0.442. The van der Waals surface area contributed by atoms with Crippen LogP contribution in [0, 0.1) is 5.82 Å². The zero-order valence-electron chi connectivity index (χ0n) is 10.6. The molecule has 19 heavy (non-hydrogen) atoms. The first kappa shape index (κ1) is 15.4. The molecular formula is C13H16FNO3S. The van der Waals surface area contributed by atoms with Gasteiger partial charge in [0, 0.05) is 12.1 Å². The number of hydrogen-bond donors (Lipinski definition) is 1. The topological polar surface area (TPSA) is 63.2 Å². The number of anilines is 1. The molecule has 0 aliphatic heterocycles. The summed E-state index contributed by atoms with van der Waals surface area (Å²) in [6.07, 6.45) is 3.07. The average molecular weight is 285 g/mol. The van der Waals surface area contributed by atoms with Crippen LogP contribution in [0.15, 0.2) is 36.4 Å². The second-order valence-corrected chi connectivity index (χ2v) is 6.22. The van der Waals surface area contributed by atoms with Crippen molar-refractivity contribution in [3.63, 3.8) is 0 Å². The number of halogens is 1. The molecule has 0 saturated heterocycles. The fraction of sp³-hybridized carbons (Fsp3) is 0.308. The van der Waals surface area contributed by atoms with Crippen molar-refractivity contribution < 1.29 is 17.6 Å². The lowest BCUT2D eigenvalue weighted by Gasteiger charge is -2.05. The molecule has 0 aromatic heterocycles. The third-order valence-electron chi connectivity index (χ3n) is 2.35. The molecule has 104 valence electrons. The van der Waals surface area contributed by atoms with Crippen molar-refractivity contribution in [2.75, 3.05) is 16.8 Å². The van der Waals surface area contributed by atoms with Gasteiger partial charge in [0.2, 0.25) is 5.91 Å². The van der Waals surface area contributed by atoms with E-state index in [0.29, 0.717) is 5.69 Å². The second-order valence-electron chi connectivity index (χ2n) is 3.99. The number of rotatable bonds is 6. The predicted octanol–water partition coefficient (Wildman–Crippen LogP) is 2.15. The van der Waals surface area contributed by atoms with Gasteiger partial charge in [0.05, 0.1) is 11.5 Å². The summed E-state index contributed by atoms with van der Waals surface area (Å²) in [5.74, 6) is -1.07. The van der Waals surface area contributed by atoms with Gasteiger partial charge in [-0.2, -0.15) is 0 Å². The molecule has 0 aliphatic carbocycles. The van der Waals surface area contributed by atoms with E-state index >= 15 is 0 Å². The van der Waals surface area contributed by atoms with Crippen LogP contribution >= 0.6 is 0 Å². The Morgan fingerprint density at radius 3 is 2.53 bits per heavy atom. The van der Waals surface area contributed by atoms with Crippen LogP contribution in [0.2, 0.25) is 0 Å². The molecule has 1 aromatic rings. The van der Waals surface area contributed by atoms with Crippen LogP contribution in [0.25, 0.3) is 0 Å². The van der Waals surface area contributed by atoms with Gasteiger partial charge in [-0.1, -0.05) is 12.2 Å². The summed E-state index contributed by atoms with van der Waals surface area (Å²) < 4.78 is 35.7. The largest absolute Gasteiger partial charge is 0.326 e. The number of nitrogens with one attached hydrogen (secondary N) is 1. The minimum atomic E-state index is -3.25. The molecule has 1 rings (SSSR count). The van der Waals surface area contributed by atoms with Crippen molar-refractivity contribution >= 4 is 21.4 Å². The Morgan fingerprint density at radius 2 is 1.95 bits per heavy atom. The maximum Gasteiger partial charge on any atom is 0.225 e. The van der Waals surface area contributed by atoms with Crippen LogP contribution in [0.5, 0.6) is 0 Å². The Kier molecular flexibility index (Phi) is 5.69. The summed E-state index contributed by atoms with van der Waals surface area (Å²) in [7, 11) is -3.25. The summed E-state index contributed by atoms with van der Waals surface area (Å²) in [6, 6.07) is 5.28. The first-order valence-electron chi connectivity index (χ1n) is 5.80. The van der Waals surface area contributed by atoms with Crippen molar-refractivity contribution in [3.05, 3.63) is 42.2 Å². The standard InChI is InChI=1S/C13H16FNO3S/c1-2-3-9-19(17,18)10-8-13(16)15-12-6-4-11(14)5-7-12/h2-7H,8-10H2,1H3,(H,15,16)/b3-2+. The van der Waals surface area contributed by atoms with Gasteiger partial charge < -0.3 is 5.32 Å². The van der Waals surface area contributed by atoms with Crippen molar-refractivity contribution in [1.82, 2.24) is 0 Å². The molecule has 1 N–H and O–H groups in total. The van der Waals surface area contributed by atoms with Crippen LogP contribution < -0.4 is 5.32 Å². The van der Waals surface area contributed by atoms with Gasteiger partial charge in [-0.05, 0) is 31.2 Å². The quantitative estimate of drug-likeness (QED) is 0.815. The smallest absolute Gasteiger partial charge is 0.225 e. The third kappa shape index (κ3) is 6.15. The Hall–Kier alpha value is -1.69. The minimum Gasteiger partial charge on any atom is -0.326 e. The Labute approximate surface area is 112 Å². The SMILES string of the molecule is C/C=C/CS(=O)(=O)CCC(=O)Nc1ccc(F)cc1. The number of benzene rings is 1. The van der Waals surface area contributed by atoms with Crippen molar-refractivity contribution in [1.29, 1.82) is 0 Å². The fourth-order valence-electron chi connectivity index (χ4n) is 1.33. The molecule has 6 heteroatoms. The van der Waals surface area contributed by atoms with Gasteiger partial charge in [0.1, 0.15) is 5.82 Å². The monoisotopic (exact) mass is 285 g/mol. The van der Waals surface area contributed by atoms with E-state index in [9.17, 15) is 17.6 Å². The number of amides is 1. The van der Waals surface area contributed by atoms with Crippen LogP contribution in [-0.4, -0.2) is 25.8 Å². The average Bonchev–Trinajstić information content (AvgIpc) is 2.37. The predicted molar refractivity (Wildman–Crippen MR) is 73.1 cm³/mol. The first-order valence-corrected chi connectivity index (χ1v) is 7.62. The number of hydrogen-bond acceptors (Lipinski definition) is 3. The van der Waals surface area contributed by atoms with Crippen LogP contribution in [-0.2, 0) is 14.6 Å². The van der Waals surface area contributed by atoms with E-state index in [1.165, 1.54) is 30.3 Å². The number of carbonyl (C=O) groups is 1. The van der Waals surface area contributed by atoms with Crippen molar-refractivity contribution in [2.24, 2.45) is 0 Å². The molecule has 0 bridgehead atoms. The fourth-order valence-corrected chi connectivity index (χ4v) is 2.48. The van der Waals surface area contributed by atoms with E-state index in [1.54, 1.807) is 13.0 Å². The molecule has 0 fully saturated rings. The third-order valence-corrected chi connectivity index (χ3v) is 3.88. The molecule has 0 radical (unpaired) electrons. The minimum absolute atomic E-state index is 0.0622. The molecular weight excluding hydrogens is 269 g/mol. The first-order chi connectivity index (χ1) is 8.93. The molecule has 0 aliphatic rings. The second kappa shape index (κ2) is 7.04. The van der Waals surface area contributed by atoms with E-state index in [-0.39, 0.29) is 17.9 Å². The highest BCUT2D eigenvalue weighted by atomic mass is 32.2. The van der Waals surface area contributed by atoms with Gasteiger partial charge in [-0.3, -0.25) is 4.79 Å². The summed E-state index contributed by atoms with van der Waals surface area (Å²) >= 11 is 0. The highest BCUT2D eigenvalue weighted by Gasteiger charge is 2.12. The van der Waals surface area contributed by atoms with E-state index in [4.69, 9.17) is 0 Å². The lowest BCUT2D eigenvalue weighted by molar-refractivity contribution is -0.115. The summed E-state index contributed by atoms with van der Waals surface area (Å²) in [5, 5.41) is 2.51. The maximum absolute atomic E-state index is 12.6. The molecule has 0 saturated carbocycles. The lowest BCUT2D eigenvalue weighted by atomic mass is 10.3. The van der Waals surface area contributed by atoms with Crippen LogP contribution in [0.3, 0.4) is 0 Å². The molecule has 1 aromatic carbocycles. The molecule has 0 heterocycles. The van der Waals surface area contributed by atoms with Gasteiger partial charge in [0.25, 0.3) is 0 Å². The molecule has 0 unspecified atom stereocenters. The molecule has 0 atom stereocenters. The molecule has 4 nitrogen and oxygen atoms in total. The summed E-state index contributed by atoms with van der Waals surface area (Å²) in [4.78, 5) is 11.5. The lowest BCUT2D eigenvalue weighted by Crippen LogP contribution is -2.18. The van der Waals surface area contributed by atoms with E-state index in [1.807, 2.05) is 0 Å². The highest BCUT2D eigenvalue weighted by molar-refractivity contribution is 7.91. The summed E-state index contributed by atoms with van der Waals surface area (Å²) in [6.45, 7) is 1.73. The number of carbonyl (C=O) groups excluding carboxylic acids is 1. The zero-order chi connectivity index (χ0) is 14.3. The Bertz CT molecular complexity index is 550. The van der Waals surface area contributed by atoms with E-state index in [0.717, 1.165) is 0 Å². The van der Waals surface area contributed by atoms with Gasteiger partial charge in [0.15, 0.2) is 9.84 Å². The normalized spacial score (nSPS) is 11.7. The maximum atomic E-state index is 12.6. The van der Waals surface area contributed by atoms with Crippen molar-refractivity contribution in [3.8, 4) is 0 Å². The molecule has 1 amide bonds. The number of allylic oxidation sites excluding steroid dienone is 1. The van der Waals surface area contributed by atoms with Gasteiger partial charge in [-0.25, -0.2) is 12.8 Å². The van der Waals surface area contributed by atoms with Gasteiger partial charge in [-0.15, -0.1) is 0 Å². The Balaban J connectivity index is 2.46. The van der Waals surface area contributed by atoms with Crippen LogP contribution in [0.4, 0.5) is 10.1 Å². The zero-order valence-corrected chi connectivity index (χ0v) is 11.4. The highest BCUT2D eigenvalue weighted by Crippen LogP contribution is 2.08. The Morgan fingerprint density at radius 1 is 1.32 bits per heavy atom. The van der Waals surface area contributed by atoms with E-state index < -0.39 is 21.6 Å². The van der Waals surface area contributed by atoms with Crippen LogP contribution in [0.1, 0.15) is 13.3 Å².